The van der Waals surface area contributed by atoms with Crippen molar-refractivity contribution in [3.63, 3.8) is 0 Å². The Kier molecular flexibility index (Phi) is 4.51. The van der Waals surface area contributed by atoms with Gasteiger partial charge in [0.05, 0.1) is 6.10 Å². The van der Waals surface area contributed by atoms with Crippen molar-refractivity contribution in [3.8, 4) is 11.5 Å². The second-order valence-corrected chi connectivity index (χ2v) is 5.15. The highest BCUT2D eigenvalue weighted by molar-refractivity contribution is 5.48. The second kappa shape index (κ2) is 6.33. The molecule has 0 saturated carbocycles. The third-order valence-corrected chi connectivity index (χ3v) is 3.00. The molecule has 106 valence electrons. The summed E-state index contributed by atoms with van der Waals surface area (Å²) in [7, 11) is 0. The van der Waals surface area contributed by atoms with Crippen molar-refractivity contribution < 1.29 is 9.84 Å². The number of phenols is 1. The summed E-state index contributed by atoms with van der Waals surface area (Å²) in [5.74, 6) is 1.17. The average molecular weight is 271 g/mol. The maximum absolute atomic E-state index is 9.27. The summed E-state index contributed by atoms with van der Waals surface area (Å²) >= 11 is 0. The molecule has 0 saturated heterocycles. The molecule has 1 unspecified atom stereocenters. The van der Waals surface area contributed by atoms with Gasteiger partial charge in [-0.05, 0) is 62.7 Å². The summed E-state index contributed by atoms with van der Waals surface area (Å²) in [4.78, 5) is 0. The number of ether oxygens (including phenoxy) is 1. The number of nitrogens with one attached hydrogen (secondary N) is 1. The van der Waals surface area contributed by atoms with Crippen molar-refractivity contribution in [1.82, 2.24) is 0 Å². The maximum Gasteiger partial charge on any atom is 0.119 e. The minimum atomic E-state index is 0.188. The van der Waals surface area contributed by atoms with Crippen molar-refractivity contribution in [1.29, 1.82) is 0 Å². The Morgan fingerprint density at radius 2 is 1.50 bits per heavy atom. The summed E-state index contributed by atoms with van der Waals surface area (Å²) in [5.41, 5.74) is 2.17. The molecule has 20 heavy (non-hydrogen) atoms. The molecule has 2 aromatic rings. The summed E-state index contributed by atoms with van der Waals surface area (Å²) in [6.45, 7) is 6.14. The molecule has 3 heteroatoms. The molecule has 2 rings (SSSR count). The van der Waals surface area contributed by atoms with Crippen LogP contribution in [0.25, 0.3) is 0 Å². The van der Waals surface area contributed by atoms with Crippen LogP contribution in [0.2, 0.25) is 0 Å². The molecule has 0 radical (unpaired) electrons. The van der Waals surface area contributed by atoms with Crippen LogP contribution in [-0.4, -0.2) is 11.2 Å². The van der Waals surface area contributed by atoms with Gasteiger partial charge in [0.15, 0.2) is 0 Å². The van der Waals surface area contributed by atoms with E-state index >= 15 is 0 Å². The number of phenolic OH excluding ortho intramolecular Hbond substituents is 1. The molecule has 0 heterocycles. The fraction of sp³-hybridized carbons (Fsp3) is 0.294. The van der Waals surface area contributed by atoms with Gasteiger partial charge in [-0.2, -0.15) is 0 Å². The summed E-state index contributed by atoms with van der Waals surface area (Å²) in [6, 6.07) is 15.4. The first-order valence-electron chi connectivity index (χ1n) is 6.87. The lowest BCUT2D eigenvalue weighted by Crippen LogP contribution is -2.08. The first-order chi connectivity index (χ1) is 9.54. The lowest BCUT2D eigenvalue weighted by atomic mass is 10.1. The average Bonchev–Trinajstić information content (AvgIpc) is 2.41. The van der Waals surface area contributed by atoms with E-state index in [1.807, 2.05) is 38.1 Å². The Hall–Kier alpha value is -2.16. The third kappa shape index (κ3) is 3.92. The van der Waals surface area contributed by atoms with E-state index in [-0.39, 0.29) is 17.9 Å². The molecule has 0 aliphatic carbocycles. The van der Waals surface area contributed by atoms with Gasteiger partial charge in [0, 0.05) is 11.7 Å². The maximum atomic E-state index is 9.27. The van der Waals surface area contributed by atoms with Gasteiger partial charge in [-0.3, -0.25) is 0 Å². The predicted molar refractivity (Wildman–Crippen MR) is 82.4 cm³/mol. The fourth-order valence-electron chi connectivity index (χ4n) is 2.00. The van der Waals surface area contributed by atoms with Gasteiger partial charge in [0.1, 0.15) is 11.5 Å². The zero-order valence-electron chi connectivity index (χ0n) is 12.1. The Morgan fingerprint density at radius 3 is 2.05 bits per heavy atom. The van der Waals surface area contributed by atoms with E-state index in [1.165, 1.54) is 5.56 Å². The number of aromatic hydroxyl groups is 1. The quantitative estimate of drug-likeness (QED) is 0.794. The Labute approximate surface area is 120 Å². The summed E-state index contributed by atoms with van der Waals surface area (Å²) in [5, 5.41) is 12.7. The normalized spacial score (nSPS) is 12.2. The number of benzene rings is 2. The van der Waals surface area contributed by atoms with Crippen molar-refractivity contribution in [2.24, 2.45) is 0 Å². The summed E-state index contributed by atoms with van der Waals surface area (Å²) in [6.07, 6.45) is 0.188. The van der Waals surface area contributed by atoms with Crippen LogP contribution >= 0.6 is 0 Å². The highest BCUT2D eigenvalue weighted by atomic mass is 16.5. The molecule has 0 bridgehead atoms. The predicted octanol–water partition coefficient (Wildman–Crippen LogP) is 4.35. The zero-order chi connectivity index (χ0) is 14.5. The zero-order valence-corrected chi connectivity index (χ0v) is 12.1. The molecule has 3 nitrogen and oxygen atoms in total. The van der Waals surface area contributed by atoms with Crippen LogP contribution in [0.3, 0.4) is 0 Å². The van der Waals surface area contributed by atoms with Gasteiger partial charge >= 0.3 is 0 Å². The second-order valence-electron chi connectivity index (χ2n) is 5.15. The van der Waals surface area contributed by atoms with Crippen LogP contribution in [0.15, 0.2) is 48.5 Å². The molecule has 2 aromatic carbocycles. The van der Waals surface area contributed by atoms with E-state index in [0.29, 0.717) is 0 Å². The lowest BCUT2D eigenvalue weighted by molar-refractivity contribution is 0.242. The highest BCUT2D eigenvalue weighted by Crippen LogP contribution is 2.23. The van der Waals surface area contributed by atoms with Crippen LogP contribution in [0, 0.1) is 0 Å². The van der Waals surface area contributed by atoms with Crippen LogP contribution in [0.1, 0.15) is 32.4 Å². The number of anilines is 1. The van der Waals surface area contributed by atoms with Gasteiger partial charge in [-0.1, -0.05) is 12.1 Å². The van der Waals surface area contributed by atoms with Crippen molar-refractivity contribution in [3.05, 3.63) is 54.1 Å². The molecular weight excluding hydrogens is 250 g/mol. The van der Waals surface area contributed by atoms with E-state index in [9.17, 15) is 5.11 Å². The molecule has 0 spiro atoms. The van der Waals surface area contributed by atoms with Gasteiger partial charge < -0.3 is 15.2 Å². The minimum absolute atomic E-state index is 0.188. The minimum Gasteiger partial charge on any atom is -0.508 e. The van der Waals surface area contributed by atoms with E-state index in [1.54, 1.807) is 12.1 Å². The lowest BCUT2D eigenvalue weighted by Gasteiger charge is -2.17. The molecule has 0 aromatic heterocycles. The third-order valence-electron chi connectivity index (χ3n) is 3.00. The van der Waals surface area contributed by atoms with Crippen LogP contribution in [0.5, 0.6) is 11.5 Å². The SMILES string of the molecule is CC(C)Oc1ccc(C(C)Nc2ccc(O)cc2)cc1. The largest absolute Gasteiger partial charge is 0.508 e. The molecule has 0 fully saturated rings. The van der Waals surface area contributed by atoms with Gasteiger partial charge in [-0.25, -0.2) is 0 Å². The molecule has 0 amide bonds. The molecule has 0 aliphatic heterocycles. The monoisotopic (exact) mass is 271 g/mol. The summed E-state index contributed by atoms with van der Waals surface area (Å²) < 4.78 is 5.63. The fourth-order valence-corrected chi connectivity index (χ4v) is 2.00. The van der Waals surface area contributed by atoms with Crippen LogP contribution in [0.4, 0.5) is 5.69 Å². The topological polar surface area (TPSA) is 41.5 Å². The Morgan fingerprint density at radius 1 is 0.900 bits per heavy atom. The Bertz CT molecular complexity index is 532. The first kappa shape index (κ1) is 14.3. The van der Waals surface area contributed by atoms with Crippen molar-refractivity contribution >= 4 is 5.69 Å². The number of hydrogen-bond donors (Lipinski definition) is 2. The van der Waals surface area contributed by atoms with E-state index in [2.05, 4.69) is 24.4 Å². The van der Waals surface area contributed by atoms with E-state index in [4.69, 9.17) is 4.74 Å². The first-order valence-corrected chi connectivity index (χ1v) is 6.87. The van der Waals surface area contributed by atoms with E-state index < -0.39 is 0 Å². The molecule has 0 aliphatic rings. The van der Waals surface area contributed by atoms with Crippen molar-refractivity contribution in [2.45, 2.75) is 32.9 Å². The van der Waals surface area contributed by atoms with Crippen LogP contribution < -0.4 is 10.1 Å². The molecule has 1 atom stereocenters. The van der Waals surface area contributed by atoms with Gasteiger partial charge in [0.25, 0.3) is 0 Å². The number of hydrogen-bond acceptors (Lipinski definition) is 3. The van der Waals surface area contributed by atoms with Gasteiger partial charge in [-0.15, -0.1) is 0 Å². The van der Waals surface area contributed by atoms with E-state index in [0.717, 1.165) is 11.4 Å². The van der Waals surface area contributed by atoms with Crippen molar-refractivity contribution in [2.75, 3.05) is 5.32 Å². The number of rotatable bonds is 5. The Balaban J connectivity index is 2.01. The standard InChI is InChI=1S/C17H21NO2/c1-12(2)20-17-10-4-14(5-11-17)13(3)18-15-6-8-16(19)9-7-15/h4-13,18-19H,1-3H3. The highest BCUT2D eigenvalue weighted by Gasteiger charge is 2.06. The van der Waals surface area contributed by atoms with Gasteiger partial charge in [0.2, 0.25) is 0 Å². The smallest absolute Gasteiger partial charge is 0.119 e. The molecule has 2 N–H and O–H groups in total. The van der Waals surface area contributed by atoms with Crippen LogP contribution in [-0.2, 0) is 0 Å². The molecular formula is C17H21NO2.